The largest absolute Gasteiger partial charge is 0.460 e. The molecule has 1 saturated carbocycles. The molecule has 0 aromatic heterocycles. The van der Waals surface area contributed by atoms with Crippen LogP contribution in [0, 0.1) is 10.8 Å². The van der Waals surface area contributed by atoms with E-state index in [-0.39, 0.29) is 48.4 Å². The van der Waals surface area contributed by atoms with Crippen LogP contribution in [0.2, 0.25) is 0 Å². The van der Waals surface area contributed by atoms with Gasteiger partial charge >= 0.3 is 12.0 Å². The fourth-order valence-corrected chi connectivity index (χ4v) is 5.67. The minimum Gasteiger partial charge on any atom is -0.460 e. The van der Waals surface area contributed by atoms with Crippen molar-refractivity contribution in [3.63, 3.8) is 0 Å². The van der Waals surface area contributed by atoms with Crippen LogP contribution in [0.4, 0.5) is 4.79 Å². The molecule has 1 aliphatic carbocycles. The Labute approximate surface area is 255 Å². The Bertz CT molecular complexity index is 853. The van der Waals surface area contributed by atoms with Crippen molar-refractivity contribution in [3.8, 4) is 0 Å². The third kappa shape index (κ3) is 13.2. The Morgan fingerprint density at radius 3 is 2.26 bits per heavy atom. The molecule has 1 unspecified atom stereocenters. The zero-order valence-electron chi connectivity index (χ0n) is 27.9. The Balaban J connectivity index is 1.85. The maximum absolute atomic E-state index is 13.4. The number of nitrogens with zero attached hydrogens (tertiary/aromatic N) is 1. The minimum atomic E-state index is -0.840. The number of hydrogen-bond acceptors (Lipinski definition) is 6. The van der Waals surface area contributed by atoms with E-state index in [1.165, 1.54) is 32.1 Å². The molecule has 42 heavy (non-hydrogen) atoms. The van der Waals surface area contributed by atoms with Gasteiger partial charge in [0.25, 0.3) is 0 Å². The Morgan fingerprint density at radius 1 is 0.952 bits per heavy atom. The molecule has 2 N–H and O–H groups in total. The maximum Gasteiger partial charge on any atom is 0.317 e. The van der Waals surface area contributed by atoms with Gasteiger partial charge in [-0.25, -0.2) is 4.79 Å². The molecular formula is C33H61N3O6. The normalized spacial score (nSPS) is 23.6. The van der Waals surface area contributed by atoms with Crippen LogP contribution in [-0.2, 0) is 23.8 Å². The molecule has 2 fully saturated rings. The molecule has 0 aromatic carbocycles. The van der Waals surface area contributed by atoms with Gasteiger partial charge in [-0.3, -0.25) is 9.59 Å². The molecule has 0 spiro atoms. The van der Waals surface area contributed by atoms with Crippen molar-refractivity contribution in [2.24, 2.45) is 10.8 Å². The second-order valence-corrected chi connectivity index (χ2v) is 14.7. The van der Waals surface area contributed by atoms with Gasteiger partial charge in [-0.05, 0) is 44.9 Å². The third-order valence-corrected chi connectivity index (χ3v) is 8.05. The van der Waals surface area contributed by atoms with E-state index in [0.29, 0.717) is 13.2 Å². The van der Waals surface area contributed by atoms with Crippen molar-refractivity contribution in [2.45, 2.75) is 156 Å². The van der Waals surface area contributed by atoms with Gasteiger partial charge in [-0.2, -0.15) is 0 Å². The summed E-state index contributed by atoms with van der Waals surface area (Å²) in [6.45, 7) is 18.1. The van der Waals surface area contributed by atoms with E-state index in [1.807, 2.05) is 18.7 Å². The molecule has 1 heterocycles. The van der Waals surface area contributed by atoms with E-state index in [0.717, 1.165) is 45.1 Å². The summed E-state index contributed by atoms with van der Waals surface area (Å²) in [4.78, 5) is 41.0. The predicted octanol–water partition coefficient (Wildman–Crippen LogP) is 6.33. The van der Waals surface area contributed by atoms with Gasteiger partial charge < -0.3 is 29.7 Å². The Kier molecular flexibility index (Phi) is 14.6. The average Bonchev–Trinajstić information content (AvgIpc) is 2.89. The maximum atomic E-state index is 13.4. The lowest BCUT2D eigenvalue weighted by atomic mass is 9.85. The number of esters is 1. The number of nitrogens with one attached hydrogen (secondary N) is 2. The summed E-state index contributed by atoms with van der Waals surface area (Å²) >= 11 is 0. The number of carbonyl (C=O) groups is 3. The van der Waals surface area contributed by atoms with Crippen LogP contribution in [0.5, 0.6) is 0 Å². The molecule has 0 aromatic rings. The van der Waals surface area contributed by atoms with Crippen molar-refractivity contribution in [2.75, 3.05) is 26.2 Å². The molecule has 1 saturated heterocycles. The first-order valence-electron chi connectivity index (χ1n) is 16.5. The fourth-order valence-electron chi connectivity index (χ4n) is 5.67. The van der Waals surface area contributed by atoms with Gasteiger partial charge in [0.2, 0.25) is 5.91 Å². The molecule has 1 aliphatic heterocycles. The summed E-state index contributed by atoms with van der Waals surface area (Å²) in [5, 5.41) is 6.05. The summed E-state index contributed by atoms with van der Waals surface area (Å²) in [5.74, 6) is -1.47. The number of ether oxygens (including phenoxy) is 3. The molecule has 0 radical (unpaired) electrons. The van der Waals surface area contributed by atoms with Crippen LogP contribution >= 0.6 is 0 Å². The van der Waals surface area contributed by atoms with E-state index < -0.39 is 17.3 Å². The Morgan fingerprint density at radius 2 is 1.60 bits per heavy atom. The van der Waals surface area contributed by atoms with E-state index in [2.05, 4.69) is 38.3 Å². The van der Waals surface area contributed by atoms with Crippen LogP contribution in [0.25, 0.3) is 0 Å². The lowest BCUT2D eigenvalue weighted by Gasteiger charge is -2.44. The highest BCUT2D eigenvalue weighted by molar-refractivity contribution is 5.82. The first kappa shape index (κ1) is 36.3. The van der Waals surface area contributed by atoms with Crippen LogP contribution in [0.3, 0.4) is 0 Å². The smallest absolute Gasteiger partial charge is 0.317 e. The van der Waals surface area contributed by atoms with Crippen molar-refractivity contribution in [1.82, 2.24) is 15.5 Å². The molecule has 244 valence electrons. The average molecular weight is 596 g/mol. The summed E-state index contributed by atoms with van der Waals surface area (Å²) < 4.78 is 17.4. The van der Waals surface area contributed by atoms with Gasteiger partial charge in [-0.1, -0.05) is 86.5 Å². The van der Waals surface area contributed by atoms with Gasteiger partial charge in [-0.15, -0.1) is 0 Å². The lowest BCUT2D eigenvalue weighted by molar-refractivity contribution is -0.304. The highest BCUT2D eigenvalue weighted by Crippen LogP contribution is 2.35. The minimum absolute atomic E-state index is 0.0119. The van der Waals surface area contributed by atoms with Crippen molar-refractivity contribution >= 4 is 17.9 Å². The van der Waals surface area contributed by atoms with Gasteiger partial charge in [0, 0.05) is 25.0 Å². The first-order valence-corrected chi connectivity index (χ1v) is 16.5. The highest BCUT2D eigenvalue weighted by Gasteiger charge is 2.45. The van der Waals surface area contributed by atoms with Crippen LogP contribution in [0.15, 0.2) is 0 Å². The molecule has 0 bridgehead atoms. The monoisotopic (exact) mass is 595 g/mol. The standard InChI is InChI=1S/C33H61N3O6/c1-9-10-11-12-13-14-17-22-36(23-31(2,3)4)30(39)35-25-18-15-16-19-26(25)41-27(37)20-21-34-29(38)28-32(5,6)24-40-33(7,8)42-28/h25-26,28H,9-24H2,1-8H3,(H,34,38)(H,35,39)/t25-,26-,28?/m0/s1. The second kappa shape index (κ2) is 16.8. The Hall–Kier alpha value is -1.87. The molecule has 2 rings (SSSR count). The number of amides is 3. The summed E-state index contributed by atoms with van der Waals surface area (Å²) in [7, 11) is 0. The van der Waals surface area contributed by atoms with Crippen LogP contribution in [-0.4, -0.2) is 73.1 Å². The topological polar surface area (TPSA) is 106 Å². The molecule has 2 aliphatic rings. The van der Waals surface area contributed by atoms with Gasteiger partial charge in [0.1, 0.15) is 12.2 Å². The van der Waals surface area contributed by atoms with E-state index in [1.54, 1.807) is 13.8 Å². The lowest BCUT2D eigenvalue weighted by Crippen LogP contribution is -2.56. The van der Waals surface area contributed by atoms with Crippen LogP contribution in [0.1, 0.15) is 132 Å². The molecule has 9 nitrogen and oxygen atoms in total. The third-order valence-electron chi connectivity index (χ3n) is 8.05. The number of unbranched alkanes of at least 4 members (excludes halogenated alkanes) is 6. The molecular weight excluding hydrogens is 534 g/mol. The quantitative estimate of drug-likeness (QED) is 0.169. The van der Waals surface area contributed by atoms with Gasteiger partial charge in [0.15, 0.2) is 5.79 Å². The summed E-state index contributed by atoms with van der Waals surface area (Å²) in [6, 6.07) is -0.280. The van der Waals surface area contributed by atoms with Crippen molar-refractivity contribution in [3.05, 3.63) is 0 Å². The highest BCUT2D eigenvalue weighted by atomic mass is 16.7. The van der Waals surface area contributed by atoms with Crippen molar-refractivity contribution in [1.29, 1.82) is 0 Å². The van der Waals surface area contributed by atoms with Gasteiger partial charge in [0.05, 0.1) is 19.1 Å². The number of rotatable bonds is 15. The summed E-state index contributed by atoms with van der Waals surface area (Å²) in [5.41, 5.74) is -0.495. The second-order valence-electron chi connectivity index (χ2n) is 14.7. The zero-order valence-corrected chi connectivity index (χ0v) is 27.9. The van der Waals surface area contributed by atoms with Crippen molar-refractivity contribution < 1.29 is 28.6 Å². The molecule has 3 amide bonds. The molecule has 9 heteroatoms. The van der Waals surface area contributed by atoms with E-state index in [4.69, 9.17) is 14.2 Å². The number of hydrogen-bond donors (Lipinski definition) is 2. The first-order chi connectivity index (χ1) is 19.6. The zero-order chi connectivity index (χ0) is 31.4. The summed E-state index contributed by atoms with van der Waals surface area (Å²) in [6.07, 6.45) is 10.9. The van der Waals surface area contributed by atoms with E-state index in [9.17, 15) is 14.4 Å². The predicted molar refractivity (Wildman–Crippen MR) is 166 cm³/mol. The number of carbonyl (C=O) groups excluding carboxylic acids is 3. The molecule has 3 atom stereocenters. The van der Waals surface area contributed by atoms with E-state index >= 15 is 0 Å². The fraction of sp³-hybridized carbons (Fsp3) is 0.909. The van der Waals surface area contributed by atoms with Crippen LogP contribution < -0.4 is 10.6 Å². The number of urea groups is 1. The SMILES string of the molecule is CCCCCCCCCN(CC(C)(C)C)C(=O)N[C@H]1CCCC[C@@H]1OC(=O)CCNC(=O)C1OC(C)(C)OCC1(C)C.